The molecule has 0 radical (unpaired) electrons. The number of pyridine rings is 1. The maximum atomic E-state index is 11.6. The van der Waals surface area contributed by atoms with Gasteiger partial charge in [-0.25, -0.2) is 5.43 Å². The zero-order valence-electron chi connectivity index (χ0n) is 10.8. The fraction of sp³-hybridized carbons (Fsp3) is 0.231. The molecule has 1 saturated heterocycles. The average molecular weight is 273 g/mol. The van der Waals surface area contributed by atoms with Gasteiger partial charge in [0.25, 0.3) is 0 Å². The number of hydrazine groups is 1. The van der Waals surface area contributed by atoms with Crippen LogP contribution in [0.2, 0.25) is 0 Å². The number of amides is 2. The summed E-state index contributed by atoms with van der Waals surface area (Å²) in [7, 11) is 0. The fourth-order valence-electron chi connectivity index (χ4n) is 1.74. The van der Waals surface area contributed by atoms with Crippen molar-refractivity contribution in [1.82, 2.24) is 21.3 Å². The lowest BCUT2D eigenvalue weighted by molar-refractivity contribution is -0.123. The highest BCUT2D eigenvalue weighted by Crippen LogP contribution is 2.17. The van der Waals surface area contributed by atoms with Crippen LogP contribution in [0, 0.1) is 5.92 Å². The molecule has 2 amide bonds. The third kappa shape index (κ3) is 3.64. The van der Waals surface area contributed by atoms with Gasteiger partial charge in [-0.05, 0) is 12.5 Å². The number of carbonyl (C=O) groups is 2. The van der Waals surface area contributed by atoms with Gasteiger partial charge in [-0.3, -0.25) is 20.0 Å². The number of hydrogen-bond donors (Lipinski definition) is 3. The molecule has 3 N–H and O–H groups in total. The molecule has 1 aliphatic heterocycles. The molecule has 7 nitrogen and oxygen atoms in total. The highest BCUT2D eigenvalue weighted by molar-refractivity contribution is 5.85. The second kappa shape index (κ2) is 6.46. The fourth-order valence-corrected chi connectivity index (χ4v) is 1.74. The van der Waals surface area contributed by atoms with Gasteiger partial charge in [0, 0.05) is 30.1 Å². The minimum atomic E-state index is -0.372. The molecule has 1 fully saturated rings. The first-order chi connectivity index (χ1) is 9.66. The summed E-state index contributed by atoms with van der Waals surface area (Å²) in [4.78, 5) is 26.9. The molecular formula is C13H15N5O2. The lowest BCUT2D eigenvalue weighted by Crippen LogP contribution is -2.26. The molecule has 1 aromatic heterocycles. The molecule has 1 unspecified atom stereocenters. The molecule has 1 aromatic rings. The summed E-state index contributed by atoms with van der Waals surface area (Å²) in [6.07, 6.45) is 5.39. The van der Waals surface area contributed by atoms with Gasteiger partial charge in [0.2, 0.25) is 11.8 Å². The molecule has 1 aliphatic rings. The highest BCUT2D eigenvalue weighted by Gasteiger charge is 2.27. The van der Waals surface area contributed by atoms with Crippen LogP contribution in [0.3, 0.4) is 0 Å². The van der Waals surface area contributed by atoms with Gasteiger partial charge >= 0.3 is 0 Å². The van der Waals surface area contributed by atoms with Gasteiger partial charge in [0.1, 0.15) is 0 Å². The Labute approximate surface area is 116 Å². The number of rotatable bonds is 5. The number of hydrazone groups is 1. The molecule has 0 aromatic carbocycles. The highest BCUT2D eigenvalue weighted by atomic mass is 16.2. The van der Waals surface area contributed by atoms with E-state index in [1.54, 1.807) is 18.5 Å². The van der Waals surface area contributed by atoms with E-state index in [0.717, 1.165) is 5.56 Å². The Morgan fingerprint density at radius 2 is 2.40 bits per heavy atom. The van der Waals surface area contributed by atoms with Gasteiger partial charge in [-0.15, -0.1) is 0 Å². The molecular weight excluding hydrogens is 258 g/mol. The van der Waals surface area contributed by atoms with Crippen LogP contribution in [0.5, 0.6) is 0 Å². The third-order valence-corrected chi connectivity index (χ3v) is 2.83. The van der Waals surface area contributed by atoms with Crippen molar-refractivity contribution in [1.29, 1.82) is 0 Å². The molecule has 7 heteroatoms. The Kier molecular flexibility index (Phi) is 4.43. The smallest absolute Gasteiger partial charge is 0.247 e. The van der Waals surface area contributed by atoms with Gasteiger partial charge < -0.3 is 5.43 Å². The van der Waals surface area contributed by atoms with E-state index in [9.17, 15) is 9.59 Å². The van der Waals surface area contributed by atoms with Crippen molar-refractivity contribution in [3.05, 3.63) is 42.4 Å². The van der Waals surface area contributed by atoms with Gasteiger partial charge in [0.05, 0.1) is 12.1 Å². The Morgan fingerprint density at radius 1 is 1.55 bits per heavy atom. The molecule has 1 atom stereocenters. The number of carbonyl (C=O) groups excluding carboxylic acids is 2. The van der Waals surface area contributed by atoms with Crippen LogP contribution < -0.4 is 16.3 Å². The summed E-state index contributed by atoms with van der Waals surface area (Å²) in [6.45, 7) is 3.70. The lowest BCUT2D eigenvalue weighted by atomic mass is 10.0. The van der Waals surface area contributed by atoms with Gasteiger partial charge in [0.15, 0.2) is 0 Å². The normalized spacial score (nSPS) is 17.9. The number of hydrogen-bond acceptors (Lipinski definition) is 5. The van der Waals surface area contributed by atoms with Crippen molar-refractivity contribution in [3.8, 4) is 0 Å². The van der Waals surface area contributed by atoms with E-state index in [1.165, 1.54) is 6.21 Å². The Balaban J connectivity index is 1.74. The quantitative estimate of drug-likeness (QED) is 0.523. The van der Waals surface area contributed by atoms with Crippen LogP contribution in [0.1, 0.15) is 18.4 Å². The molecule has 2 rings (SSSR count). The van der Waals surface area contributed by atoms with Crippen molar-refractivity contribution in [2.75, 3.05) is 0 Å². The summed E-state index contributed by atoms with van der Waals surface area (Å²) >= 11 is 0. The lowest BCUT2D eigenvalue weighted by Gasteiger charge is -2.05. The van der Waals surface area contributed by atoms with E-state index >= 15 is 0 Å². The van der Waals surface area contributed by atoms with Crippen molar-refractivity contribution in [2.45, 2.75) is 12.8 Å². The maximum Gasteiger partial charge on any atom is 0.247 e. The first-order valence-corrected chi connectivity index (χ1v) is 6.13. The van der Waals surface area contributed by atoms with E-state index < -0.39 is 0 Å². The van der Waals surface area contributed by atoms with E-state index in [1.807, 2.05) is 6.07 Å². The predicted molar refractivity (Wildman–Crippen MR) is 73.1 cm³/mol. The van der Waals surface area contributed by atoms with Crippen molar-refractivity contribution in [3.63, 3.8) is 0 Å². The summed E-state index contributed by atoms with van der Waals surface area (Å²) in [6, 6.07) is 3.60. The minimum absolute atomic E-state index is 0.165. The Bertz CT molecular complexity index is 525. The van der Waals surface area contributed by atoms with Crippen molar-refractivity contribution in [2.24, 2.45) is 11.0 Å². The van der Waals surface area contributed by atoms with Crippen LogP contribution in [0.25, 0.3) is 0 Å². The van der Waals surface area contributed by atoms with Crippen LogP contribution in [-0.4, -0.2) is 23.0 Å². The summed E-state index contributed by atoms with van der Waals surface area (Å²) in [5, 5.41) is 3.82. The summed E-state index contributed by atoms with van der Waals surface area (Å²) < 4.78 is 0. The molecule has 0 spiro atoms. The minimum Gasteiger partial charge on any atom is -0.303 e. The van der Waals surface area contributed by atoms with Gasteiger partial charge in [-0.2, -0.15) is 5.10 Å². The molecule has 0 bridgehead atoms. The molecule has 20 heavy (non-hydrogen) atoms. The Morgan fingerprint density at radius 3 is 3.05 bits per heavy atom. The molecule has 0 saturated carbocycles. The van der Waals surface area contributed by atoms with E-state index in [4.69, 9.17) is 0 Å². The molecule has 0 aliphatic carbocycles. The number of nitrogens with one attached hydrogen (secondary N) is 3. The molecule has 2 heterocycles. The first-order valence-electron chi connectivity index (χ1n) is 6.13. The zero-order chi connectivity index (χ0) is 14.4. The van der Waals surface area contributed by atoms with Crippen molar-refractivity contribution < 1.29 is 9.59 Å². The molecule has 104 valence electrons. The number of nitrogens with zero attached hydrogens (tertiary/aromatic N) is 2. The van der Waals surface area contributed by atoms with Gasteiger partial charge in [-0.1, -0.05) is 12.6 Å². The predicted octanol–water partition coefficient (Wildman–Crippen LogP) is 0.0762. The Hall–Kier alpha value is -2.70. The van der Waals surface area contributed by atoms with Crippen molar-refractivity contribution >= 4 is 18.0 Å². The van der Waals surface area contributed by atoms with Crippen LogP contribution in [0.4, 0.5) is 0 Å². The topological polar surface area (TPSA) is 95.5 Å². The second-order valence-corrected chi connectivity index (χ2v) is 4.31. The largest absolute Gasteiger partial charge is 0.303 e. The summed E-state index contributed by atoms with van der Waals surface area (Å²) in [5.41, 5.74) is 8.88. The third-order valence-electron chi connectivity index (χ3n) is 2.83. The average Bonchev–Trinajstić information content (AvgIpc) is 2.77. The van der Waals surface area contributed by atoms with E-state index in [2.05, 4.69) is 32.9 Å². The standard InChI is InChI=1S/C13H15N5O2/c1-9-11(13(20)18-16-9)4-5-12(19)17-15-8-10-3-2-6-14-7-10/h2-3,6-8,11,16H,1,4-5H2,(H,17,19)(H,18,20). The SMILES string of the molecule is C=C1NNC(=O)C1CCC(=O)NN=Cc1cccnc1. The number of aromatic nitrogens is 1. The van der Waals surface area contributed by atoms with Crippen LogP contribution in [0.15, 0.2) is 41.9 Å². The van der Waals surface area contributed by atoms with E-state index in [-0.39, 0.29) is 24.2 Å². The second-order valence-electron chi connectivity index (χ2n) is 4.31. The monoisotopic (exact) mass is 273 g/mol. The van der Waals surface area contributed by atoms with Crippen LogP contribution >= 0.6 is 0 Å². The summed E-state index contributed by atoms with van der Waals surface area (Å²) in [5.74, 6) is -0.789. The first kappa shape index (κ1) is 13.7. The zero-order valence-corrected chi connectivity index (χ0v) is 10.8. The maximum absolute atomic E-state index is 11.6. The van der Waals surface area contributed by atoms with E-state index in [0.29, 0.717) is 12.1 Å². The van der Waals surface area contributed by atoms with Crippen LogP contribution in [-0.2, 0) is 9.59 Å².